The molecule has 1 aromatic heterocycles. The van der Waals surface area contributed by atoms with Crippen LogP contribution in [0.1, 0.15) is 37.5 Å². The Kier molecular flexibility index (Phi) is 5.66. The number of fused-ring (bicyclic) bond motifs is 1. The Balaban J connectivity index is 1.53. The van der Waals surface area contributed by atoms with E-state index in [1.165, 1.54) is 29.0 Å². The van der Waals surface area contributed by atoms with E-state index in [9.17, 15) is 18.0 Å². The van der Waals surface area contributed by atoms with Crippen LogP contribution in [-0.2, 0) is 25.6 Å². The van der Waals surface area contributed by atoms with E-state index in [1.54, 1.807) is 0 Å². The number of nitrogens with zero attached hydrogens (tertiary/aromatic N) is 1. The van der Waals surface area contributed by atoms with Gasteiger partial charge in [0, 0.05) is 30.1 Å². The molecule has 3 nitrogen and oxygen atoms in total. The molecule has 0 unspecified atom stereocenters. The van der Waals surface area contributed by atoms with Gasteiger partial charge in [0.2, 0.25) is 0 Å². The number of benzene rings is 2. The molecule has 1 aliphatic heterocycles. The Morgan fingerprint density at radius 2 is 1.87 bits per heavy atom. The molecular formula is C23H21F3N2OS. The molecule has 0 fully saturated rings. The molecule has 0 saturated heterocycles. The van der Waals surface area contributed by atoms with Crippen molar-refractivity contribution in [2.45, 2.75) is 25.6 Å². The van der Waals surface area contributed by atoms with Gasteiger partial charge in [0.15, 0.2) is 5.78 Å². The summed E-state index contributed by atoms with van der Waals surface area (Å²) in [5.41, 5.74) is 7.87. The predicted octanol–water partition coefficient (Wildman–Crippen LogP) is 5.18. The summed E-state index contributed by atoms with van der Waals surface area (Å²) in [5, 5.41) is 0.382. The fourth-order valence-corrected chi connectivity index (χ4v) is 4.99. The number of nitrogens with two attached hydrogens (primary N) is 1. The minimum atomic E-state index is -4.49. The summed E-state index contributed by atoms with van der Waals surface area (Å²) in [5.74, 6) is -0.436. The Bertz CT molecular complexity index is 1060. The Morgan fingerprint density at radius 1 is 1.10 bits per heavy atom. The molecule has 7 heteroatoms. The zero-order chi connectivity index (χ0) is 21.3. The van der Waals surface area contributed by atoms with Gasteiger partial charge in [-0.3, -0.25) is 9.69 Å². The molecule has 0 atom stereocenters. The number of nitrogen functional groups attached to an aromatic ring is 1. The van der Waals surface area contributed by atoms with Crippen LogP contribution in [0.3, 0.4) is 0 Å². The van der Waals surface area contributed by atoms with Crippen LogP contribution in [0, 0.1) is 0 Å². The molecular weight excluding hydrogens is 409 g/mol. The van der Waals surface area contributed by atoms with Gasteiger partial charge in [-0.1, -0.05) is 42.5 Å². The summed E-state index contributed by atoms with van der Waals surface area (Å²) in [4.78, 5) is 16.4. The second-order valence-electron chi connectivity index (χ2n) is 7.41. The number of hydrogen-bond donors (Lipinski definition) is 1. The van der Waals surface area contributed by atoms with Crippen LogP contribution in [0.25, 0.3) is 0 Å². The van der Waals surface area contributed by atoms with Crippen molar-refractivity contribution in [1.29, 1.82) is 0 Å². The van der Waals surface area contributed by atoms with Crippen molar-refractivity contribution >= 4 is 22.1 Å². The SMILES string of the molecule is Nc1sc2c(c1C(=O)c1cccc(C(F)(F)F)c1)CCN(CCc1ccccc1)C2. The number of alkyl halides is 3. The molecule has 0 aliphatic carbocycles. The maximum Gasteiger partial charge on any atom is 0.416 e. The fourth-order valence-electron chi connectivity index (χ4n) is 3.83. The number of rotatable bonds is 5. The van der Waals surface area contributed by atoms with Gasteiger partial charge in [0.1, 0.15) is 0 Å². The summed E-state index contributed by atoms with van der Waals surface area (Å²) in [6.45, 7) is 2.39. The first-order chi connectivity index (χ1) is 14.3. The van der Waals surface area contributed by atoms with Gasteiger partial charge < -0.3 is 5.73 Å². The summed E-state index contributed by atoms with van der Waals surface area (Å²) >= 11 is 1.37. The van der Waals surface area contributed by atoms with Crippen molar-refractivity contribution in [3.05, 3.63) is 87.3 Å². The number of carbonyl (C=O) groups is 1. The van der Waals surface area contributed by atoms with Crippen LogP contribution in [-0.4, -0.2) is 23.8 Å². The van der Waals surface area contributed by atoms with Gasteiger partial charge >= 0.3 is 6.18 Å². The molecule has 0 amide bonds. The van der Waals surface area contributed by atoms with E-state index < -0.39 is 17.5 Å². The van der Waals surface area contributed by atoms with E-state index in [4.69, 9.17) is 5.73 Å². The number of anilines is 1. The molecule has 3 aromatic rings. The van der Waals surface area contributed by atoms with E-state index >= 15 is 0 Å². The van der Waals surface area contributed by atoms with E-state index in [-0.39, 0.29) is 5.56 Å². The largest absolute Gasteiger partial charge is 0.416 e. The van der Waals surface area contributed by atoms with Gasteiger partial charge in [-0.2, -0.15) is 13.2 Å². The quantitative estimate of drug-likeness (QED) is 0.568. The second-order valence-corrected chi connectivity index (χ2v) is 8.55. The Labute approximate surface area is 176 Å². The molecule has 0 bridgehead atoms. The van der Waals surface area contributed by atoms with Gasteiger partial charge in [-0.05, 0) is 36.1 Å². The summed E-state index contributed by atoms with van der Waals surface area (Å²) in [7, 11) is 0. The number of halogens is 3. The van der Waals surface area contributed by atoms with Crippen LogP contribution in [0.4, 0.5) is 18.2 Å². The lowest BCUT2D eigenvalue weighted by molar-refractivity contribution is -0.137. The highest BCUT2D eigenvalue weighted by molar-refractivity contribution is 7.16. The number of hydrogen-bond acceptors (Lipinski definition) is 4. The van der Waals surface area contributed by atoms with Gasteiger partial charge in [-0.15, -0.1) is 11.3 Å². The predicted molar refractivity (Wildman–Crippen MR) is 113 cm³/mol. The average molecular weight is 430 g/mol. The standard InChI is InChI=1S/C23H21F3N2OS/c24-23(25,26)17-8-4-7-16(13-17)21(29)20-18-10-12-28(14-19(18)30-22(20)27)11-9-15-5-2-1-3-6-15/h1-8,13H,9-12,14,27H2. The molecule has 2 aromatic carbocycles. The maximum absolute atomic E-state index is 13.0. The third-order valence-electron chi connectivity index (χ3n) is 5.40. The van der Waals surface area contributed by atoms with E-state index in [1.807, 2.05) is 18.2 Å². The van der Waals surface area contributed by atoms with Crippen LogP contribution in [0.5, 0.6) is 0 Å². The third-order valence-corrected chi connectivity index (χ3v) is 6.45. The van der Waals surface area contributed by atoms with Gasteiger partial charge in [0.05, 0.1) is 16.1 Å². The smallest absolute Gasteiger partial charge is 0.390 e. The molecule has 30 heavy (non-hydrogen) atoms. The number of thiophene rings is 1. The molecule has 1 aliphatic rings. The molecule has 0 radical (unpaired) electrons. The lowest BCUT2D eigenvalue weighted by Gasteiger charge is -2.27. The second kappa shape index (κ2) is 8.24. The van der Waals surface area contributed by atoms with Crippen molar-refractivity contribution in [3.63, 3.8) is 0 Å². The number of carbonyl (C=O) groups excluding carboxylic acids is 1. The van der Waals surface area contributed by atoms with Gasteiger partial charge in [-0.25, -0.2) is 0 Å². The van der Waals surface area contributed by atoms with Crippen LogP contribution >= 0.6 is 11.3 Å². The van der Waals surface area contributed by atoms with Crippen LogP contribution in [0.15, 0.2) is 54.6 Å². The maximum atomic E-state index is 13.0. The highest BCUT2D eigenvalue weighted by Crippen LogP contribution is 2.37. The van der Waals surface area contributed by atoms with Crippen molar-refractivity contribution in [3.8, 4) is 0 Å². The van der Waals surface area contributed by atoms with Crippen LogP contribution < -0.4 is 5.73 Å². The fraction of sp³-hybridized carbons (Fsp3) is 0.261. The topological polar surface area (TPSA) is 46.3 Å². The minimum Gasteiger partial charge on any atom is -0.390 e. The molecule has 4 rings (SSSR count). The highest BCUT2D eigenvalue weighted by Gasteiger charge is 2.32. The highest BCUT2D eigenvalue weighted by atomic mass is 32.1. The lowest BCUT2D eigenvalue weighted by atomic mass is 9.95. The molecule has 2 heterocycles. The molecule has 0 saturated carbocycles. The Hall–Kier alpha value is -2.64. The van der Waals surface area contributed by atoms with Crippen molar-refractivity contribution in [1.82, 2.24) is 4.90 Å². The third kappa shape index (κ3) is 4.27. The first-order valence-electron chi connectivity index (χ1n) is 9.71. The zero-order valence-electron chi connectivity index (χ0n) is 16.2. The van der Waals surface area contributed by atoms with Gasteiger partial charge in [0.25, 0.3) is 0 Å². The Morgan fingerprint density at radius 3 is 2.60 bits per heavy atom. The van der Waals surface area contributed by atoms with Crippen molar-refractivity contribution in [2.24, 2.45) is 0 Å². The first kappa shape index (κ1) is 20.6. The molecule has 156 valence electrons. The van der Waals surface area contributed by atoms with E-state index in [0.29, 0.717) is 23.5 Å². The molecule has 0 spiro atoms. The summed E-state index contributed by atoms with van der Waals surface area (Å²) in [6.07, 6.45) is -2.89. The lowest BCUT2D eigenvalue weighted by Crippen LogP contribution is -2.32. The molecule has 2 N–H and O–H groups in total. The number of ketones is 1. The summed E-state index contributed by atoms with van der Waals surface area (Å²) in [6, 6.07) is 14.8. The average Bonchev–Trinajstić information content (AvgIpc) is 3.07. The minimum absolute atomic E-state index is 0.0173. The van der Waals surface area contributed by atoms with Crippen LogP contribution in [0.2, 0.25) is 0 Å². The first-order valence-corrected chi connectivity index (χ1v) is 10.5. The van der Waals surface area contributed by atoms with E-state index in [0.717, 1.165) is 42.1 Å². The monoisotopic (exact) mass is 430 g/mol. The van der Waals surface area contributed by atoms with Crippen molar-refractivity contribution < 1.29 is 18.0 Å². The summed E-state index contributed by atoms with van der Waals surface area (Å²) < 4.78 is 39.1. The van der Waals surface area contributed by atoms with E-state index in [2.05, 4.69) is 17.0 Å². The zero-order valence-corrected chi connectivity index (χ0v) is 17.0. The normalized spacial score (nSPS) is 14.5. The van der Waals surface area contributed by atoms with Crippen molar-refractivity contribution in [2.75, 3.05) is 18.8 Å².